The molecule has 16 heteroatoms. The molecule has 0 saturated carbocycles. The van der Waals surface area contributed by atoms with E-state index in [4.69, 9.17) is 9.57 Å². The Labute approximate surface area is 266 Å². The van der Waals surface area contributed by atoms with Gasteiger partial charge in [-0.1, -0.05) is 53.7 Å². The number of carboxylic acid groups (broad SMARTS) is 1. The third kappa shape index (κ3) is 7.39. The SMILES string of the molecule is Cc1cccc(C)c1S(=O)(=O)NC(CN(C=O)C1=NO[C@]2(C1)CC(CNC1=NCCN1)N(C(=O)OCc1ccccc1)C2)C(=O)O. The van der Waals surface area contributed by atoms with Crippen molar-refractivity contribution in [1.82, 2.24) is 25.2 Å². The van der Waals surface area contributed by atoms with Gasteiger partial charge in [0.25, 0.3) is 0 Å². The van der Waals surface area contributed by atoms with E-state index in [-0.39, 0.29) is 36.3 Å². The lowest BCUT2D eigenvalue weighted by atomic mass is 9.95. The summed E-state index contributed by atoms with van der Waals surface area (Å²) in [7, 11) is -4.25. The summed E-state index contributed by atoms with van der Waals surface area (Å²) in [6, 6.07) is 12.1. The fourth-order valence-corrected chi connectivity index (χ4v) is 7.52. The molecule has 2 unspecified atom stereocenters. The van der Waals surface area contributed by atoms with Crippen LogP contribution in [0.3, 0.4) is 0 Å². The number of likely N-dealkylation sites (tertiary alicyclic amines) is 1. The van der Waals surface area contributed by atoms with E-state index in [1.54, 1.807) is 36.9 Å². The number of carbonyl (C=O) groups is 3. The van der Waals surface area contributed by atoms with Crippen molar-refractivity contribution >= 4 is 40.3 Å². The molecule has 0 aliphatic carbocycles. The van der Waals surface area contributed by atoms with Gasteiger partial charge in [0.15, 0.2) is 17.4 Å². The number of hydrogen-bond donors (Lipinski definition) is 4. The number of rotatable bonds is 11. The van der Waals surface area contributed by atoms with Crippen molar-refractivity contribution in [2.45, 2.75) is 55.9 Å². The number of carbonyl (C=O) groups excluding carboxylic acids is 2. The van der Waals surface area contributed by atoms with Crippen molar-refractivity contribution in [3.05, 3.63) is 65.2 Å². The molecular weight excluding hydrogens is 618 g/mol. The highest BCUT2D eigenvalue weighted by atomic mass is 32.2. The molecule has 0 aromatic heterocycles. The predicted molar refractivity (Wildman–Crippen MR) is 166 cm³/mol. The fraction of sp³-hybridized carbons (Fsp3) is 0.433. The maximum Gasteiger partial charge on any atom is 0.410 e. The summed E-state index contributed by atoms with van der Waals surface area (Å²) in [6.07, 6.45) is 0.230. The summed E-state index contributed by atoms with van der Waals surface area (Å²) < 4.78 is 34.3. The second-order valence-corrected chi connectivity index (χ2v) is 13.2. The van der Waals surface area contributed by atoms with Crippen LogP contribution in [-0.4, -0.2) is 104 Å². The highest BCUT2D eigenvalue weighted by Crippen LogP contribution is 2.38. The van der Waals surface area contributed by atoms with Crippen LogP contribution in [-0.2, 0) is 35.8 Å². The number of aryl methyl sites for hydroxylation is 2. The summed E-state index contributed by atoms with van der Waals surface area (Å²) in [5.41, 5.74) is 0.713. The quantitative estimate of drug-likeness (QED) is 0.253. The maximum absolute atomic E-state index is 13.3. The van der Waals surface area contributed by atoms with Crippen molar-refractivity contribution in [3.8, 4) is 0 Å². The Balaban J connectivity index is 1.28. The molecule has 246 valence electrons. The van der Waals surface area contributed by atoms with Gasteiger partial charge < -0.3 is 25.3 Å². The van der Waals surface area contributed by atoms with E-state index in [0.29, 0.717) is 49.6 Å². The second kappa shape index (κ2) is 13.7. The molecule has 0 radical (unpaired) electrons. The van der Waals surface area contributed by atoms with E-state index in [0.717, 1.165) is 10.5 Å². The molecule has 1 saturated heterocycles. The smallest absolute Gasteiger partial charge is 0.410 e. The number of ether oxygens (including phenoxy) is 1. The van der Waals surface area contributed by atoms with Gasteiger partial charge in [-0.25, -0.2) is 13.2 Å². The number of oxime groups is 1. The first-order chi connectivity index (χ1) is 22.0. The van der Waals surface area contributed by atoms with Crippen molar-refractivity contribution in [1.29, 1.82) is 0 Å². The average molecular weight is 656 g/mol. The Morgan fingerprint density at radius 3 is 2.61 bits per heavy atom. The lowest BCUT2D eigenvalue weighted by molar-refractivity contribution is -0.139. The molecule has 2 amide bonds. The molecule has 0 bridgehead atoms. The number of nitrogens with one attached hydrogen (secondary N) is 3. The van der Waals surface area contributed by atoms with Gasteiger partial charge in [-0.15, -0.1) is 0 Å². The van der Waals surface area contributed by atoms with Crippen LogP contribution < -0.4 is 15.4 Å². The highest BCUT2D eigenvalue weighted by Gasteiger charge is 2.53. The minimum atomic E-state index is -4.25. The normalized spacial score (nSPS) is 21.2. The number of carboxylic acids is 1. The Kier molecular flexibility index (Phi) is 9.76. The Morgan fingerprint density at radius 2 is 1.96 bits per heavy atom. The summed E-state index contributed by atoms with van der Waals surface area (Å²) in [6.45, 7) is 4.54. The number of amides is 2. The number of aliphatic carboxylic acids is 1. The number of amidine groups is 1. The van der Waals surface area contributed by atoms with Crippen molar-refractivity contribution < 1.29 is 37.5 Å². The molecule has 3 aliphatic rings. The first kappa shape index (κ1) is 32.7. The first-order valence-electron chi connectivity index (χ1n) is 14.8. The van der Waals surface area contributed by atoms with E-state index >= 15 is 0 Å². The Bertz CT molecular complexity index is 1610. The molecule has 1 spiro atoms. The molecule has 3 atom stereocenters. The number of aliphatic imine (C=N–C) groups is 1. The zero-order chi connectivity index (χ0) is 32.9. The standard InChI is InChI=1S/C30H37N7O8S/c1-20-7-6-8-21(2)26(20)46(42,43)35-24(27(39)40)16-36(19-38)25-14-30(45-34-25)13-23(15-33-28-31-11-12-32-28)37(18-30)29(41)44-17-22-9-4-3-5-10-22/h3-10,19,23-24,35H,11-18H2,1-2H3,(H,39,40)(H2,31,32,33)/t23?,24?,30-/m0/s1. The summed E-state index contributed by atoms with van der Waals surface area (Å²) in [5, 5.41) is 20.4. The van der Waals surface area contributed by atoms with E-state index in [2.05, 4.69) is 25.5 Å². The van der Waals surface area contributed by atoms with Crippen LogP contribution in [0.5, 0.6) is 0 Å². The van der Waals surface area contributed by atoms with Crippen LogP contribution in [0.1, 0.15) is 29.5 Å². The van der Waals surface area contributed by atoms with E-state index in [1.165, 1.54) is 0 Å². The minimum absolute atomic E-state index is 0.0250. The largest absolute Gasteiger partial charge is 0.480 e. The van der Waals surface area contributed by atoms with Crippen LogP contribution in [0.15, 0.2) is 63.6 Å². The zero-order valence-corrected chi connectivity index (χ0v) is 26.3. The summed E-state index contributed by atoms with van der Waals surface area (Å²) >= 11 is 0. The van der Waals surface area contributed by atoms with Gasteiger partial charge in [0.1, 0.15) is 12.6 Å². The van der Waals surface area contributed by atoms with E-state index < -0.39 is 40.3 Å². The first-order valence-corrected chi connectivity index (χ1v) is 16.3. The van der Waals surface area contributed by atoms with Crippen LogP contribution in [0.25, 0.3) is 0 Å². The van der Waals surface area contributed by atoms with Gasteiger partial charge in [0.2, 0.25) is 16.4 Å². The van der Waals surface area contributed by atoms with Crippen LogP contribution in [0, 0.1) is 13.8 Å². The predicted octanol–water partition coefficient (Wildman–Crippen LogP) is 0.926. The van der Waals surface area contributed by atoms with Crippen LogP contribution in [0.4, 0.5) is 4.79 Å². The second-order valence-electron chi connectivity index (χ2n) is 11.5. The van der Waals surface area contributed by atoms with Gasteiger partial charge in [0, 0.05) is 19.5 Å². The minimum Gasteiger partial charge on any atom is -0.480 e. The van der Waals surface area contributed by atoms with Gasteiger partial charge >= 0.3 is 12.1 Å². The van der Waals surface area contributed by atoms with E-state index in [1.807, 2.05) is 30.3 Å². The summed E-state index contributed by atoms with van der Waals surface area (Å²) in [4.78, 5) is 50.4. The number of guanidine groups is 1. The van der Waals surface area contributed by atoms with Gasteiger partial charge in [-0.3, -0.25) is 24.4 Å². The molecule has 4 N–H and O–H groups in total. The number of sulfonamides is 1. The van der Waals surface area contributed by atoms with Gasteiger partial charge in [-0.2, -0.15) is 4.72 Å². The number of benzene rings is 2. The van der Waals surface area contributed by atoms with Gasteiger partial charge in [-0.05, 0) is 30.5 Å². The number of hydrogen-bond acceptors (Lipinski definition) is 11. The van der Waals surface area contributed by atoms with E-state index in [9.17, 15) is 27.9 Å². The molecule has 46 heavy (non-hydrogen) atoms. The van der Waals surface area contributed by atoms with Crippen molar-refractivity contribution in [2.75, 3.05) is 32.7 Å². The van der Waals surface area contributed by atoms with Gasteiger partial charge in [0.05, 0.1) is 37.0 Å². The molecule has 1 fully saturated rings. The molecule has 3 aliphatic heterocycles. The van der Waals surface area contributed by atoms with Crippen LogP contribution in [0.2, 0.25) is 0 Å². The third-order valence-corrected chi connectivity index (χ3v) is 9.84. The highest BCUT2D eigenvalue weighted by molar-refractivity contribution is 7.89. The molecule has 5 rings (SSSR count). The molecular formula is C30H37N7O8S. The lowest BCUT2D eigenvalue weighted by Crippen LogP contribution is -2.50. The third-order valence-electron chi connectivity index (χ3n) is 8.06. The maximum atomic E-state index is 13.3. The Morgan fingerprint density at radius 1 is 1.22 bits per heavy atom. The molecule has 15 nitrogen and oxygen atoms in total. The number of nitrogens with zero attached hydrogens (tertiary/aromatic N) is 4. The Hall–Kier alpha value is -4.70. The fourth-order valence-electron chi connectivity index (χ4n) is 5.86. The summed E-state index contributed by atoms with van der Waals surface area (Å²) in [5.74, 6) is -0.739. The van der Waals surface area contributed by atoms with Crippen LogP contribution >= 0.6 is 0 Å². The topological polar surface area (TPSA) is 191 Å². The zero-order valence-electron chi connectivity index (χ0n) is 25.5. The molecule has 2 aromatic carbocycles. The molecule has 3 heterocycles. The lowest BCUT2D eigenvalue weighted by Gasteiger charge is -2.25. The monoisotopic (exact) mass is 655 g/mol. The van der Waals surface area contributed by atoms with Crippen molar-refractivity contribution in [2.24, 2.45) is 10.1 Å². The molecule has 2 aromatic rings. The van der Waals surface area contributed by atoms with Crippen molar-refractivity contribution in [3.63, 3.8) is 0 Å². The average Bonchev–Trinajstić information content (AvgIpc) is 3.78.